The summed E-state index contributed by atoms with van der Waals surface area (Å²) in [6.45, 7) is 3.81. The summed E-state index contributed by atoms with van der Waals surface area (Å²) in [6, 6.07) is 9.00. The minimum Gasteiger partial charge on any atom is -0.508 e. The maximum atomic E-state index is 9.51. The van der Waals surface area contributed by atoms with E-state index in [0.717, 1.165) is 22.4 Å². The van der Waals surface area contributed by atoms with Crippen LogP contribution in [0.2, 0.25) is 0 Å². The maximum Gasteiger partial charge on any atom is 0.116 e. The molecule has 2 rings (SSSR count). The number of benzene rings is 1. The maximum absolute atomic E-state index is 9.51. The third kappa shape index (κ3) is 2.29. The number of hydrogen-bond acceptors (Lipinski definition) is 3. The van der Waals surface area contributed by atoms with Crippen molar-refractivity contribution in [3.8, 4) is 17.0 Å². The van der Waals surface area contributed by atoms with Gasteiger partial charge >= 0.3 is 0 Å². The van der Waals surface area contributed by atoms with Crippen LogP contribution in [-0.4, -0.2) is 15.2 Å². The number of rotatable bonds is 2. The van der Waals surface area contributed by atoms with Gasteiger partial charge < -0.3 is 10.2 Å². The van der Waals surface area contributed by atoms with E-state index in [1.807, 2.05) is 26.0 Å². The van der Waals surface area contributed by atoms with Crippen molar-refractivity contribution in [1.29, 1.82) is 0 Å². The molecule has 3 heteroatoms. The smallest absolute Gasteiger partial charge is 0.116 e. The first-order chi connectivity index (χ1) is 8.11. The van der Waals surface area contributed by atoms with Crippen molar-refractivity contribution in [1.82, 2.24) is 4.98 Å². The number of phenols is 1. The highest BCUT2D eigenvalue weighted by molar-refractivity contribution is 5.68. The summed E-state index contributed by atoms with van der Waals surface area (Å²) >= 11 is 0. The zero-order chi connectivity index (χ0) is 12.4. The van der Waals surface area contributed by atoms with Crippen LogP contribution in [0.5, 0.6) is 5.75 Å². The Hall–Kier alpha value is -1.87. The molecule has 2 aromatic rings. The number of aromatic nitrogens is 1. The highest BCUT2D eigenvalue weighted by atomic mass is 16.3. The molecule has 88 valence electrons. The van der Waals surface area contributed by atoms with Gasteiger partial charge in [0.15, 0.2) is 0 Å². The first-order valence-electron chi connectivity index (χ1n) is 5.49. The second-order valence-corrected chi connectivity index (χ2v) is 4.13. The van der Waals surface area contributed by atoms with Gasteiger partial charge in [-0.1, -0.05) is 6.07 Å². The highest BCUT2D eigenvalue weighted by Crippen LogP contribution is 2.29. The van der Waals surface area contributed by atoms with Crippen LogP contribution in [0.15, 0.2) is 30.3 Å². The SMILES string of the molecule is Cc1cc(O)cc(C)c1-c1cccc(CO)n1. The Kier molecular flexibility index (Phi) is 3.11. The summed E-state index contributed by atoms with van der Waals surface area (Å²) < 4.78 is 0. The normalized spacial score (nSPS) is 10.5. The molecule has 0 bridgehead atoms. The largest absolute Gasteiger partial charge is 0.508 e. The molecular weight excluding hydrogens is 214 g/mol. The Labute approximate surface area is 100 Å². The van der Waals surface area contributed by atoms with E-state index in [1.54, 1.807) is 18.2 Å². The molecule has 0 aliphatic rings. The Bertz CT molecular complexity index is 527. The Morgan fingerprint density at radius 3 is 2.35 bits per heavy atom. The second kappa shape index (κ2) is 4.55. The molecule has 1 aromatic carbocycles. The average molecular weight is 229 g/mol. The van der Waals surface area contributed by atoms with Gasteiger partial charge in [-0.3, -0.25) is 4.98 Å². The molecule has 0 saturated heterocycles. The number of aromatic hydroxyl groups is 1. The van der Waals surface area contributed by atoms with E-state index in [4.69, 9.17) is 5.11 Å². The first-order valence-corrected chi connectivity index (χ1v) is 5.49. The number of nitrogens with zero attached hydrogens (tertiary/aromatic N) is 1. The molecule has 0 aliphatic heterocycles. The van der Waals surface area contributed by atoms with Crippen LogP contribution in [0, 0.1) is 13.8 Å². The molecule has 0 atom stereocenters. The lowest BCUT2D eigenvalue weighted by Crippen LogP contribution is -1.95. The summed E-state index contributed by atoms with van der Waals surface area (Å²) in [6.07, 6.45) is 0. The van der Waals surface area contributed by atoms with Crippen LogP contribution >= 0.6 is 0 Å². The molecule has 2 N–H and O–H groups in total. The zero-order valence-electron chi connectivity index (χ0n) is 9.94. The fraction of sp³-hybridized carbons (Fsp3) is 0.214. The van der Waals surface area contributed by atoms with Crippen molar-refractivity contribution < 1.29 is 10.2 Å². The molecule has 1 heterocycles. The molecule has 3 nitrogen and oxygen atoms in total. The highest BCUT2D eigenvalue weighted by Gasteiger charge is 2.09. The predicted octanol–water partition coefficient (Wildman–Crippen LogP) is 2.56. The van der Waals surface area contributed by atoms with Crippen LogP contribution in [0.3, 0.4) is 0 Å². The number of aliphatic hydroxyl groups is 1. The van der Waals surface area contributed by atoms with E-state index in [1.165, 1.54) is 0 Å². The topological polar surface area (TPSA) is 53.4 Å². The molecule has 0 fully saturated rings. The quantitative estimate of drug-likeness (QED) is 0.832. The van der Waals surface area contributed by atoms with Crippen LogP contribution in [-0.2, 0) is 6.61 Å². The third-order valence-corrected chi connectivity index (χ3v) is 2.74. The number of phenolic OH excluding ortho intramolecular Hbond substituents is 1. The van der Waals surface area contributed by atoms with E-state index in [0.29, 0.717) is 5.69 Å². The lowest BCUT2D eigenvalue weighted by molar-refractivity contribution is 0.277. The number of hydrogen-bond donors (Lipinski definition) is 2. The Morgan fingerprint density at radius 2 is 1.76 bits per heavy atom. The van der Waals surface area contributed by atoms with E-state index < -0.39 is 0 Å². The third-order valence-electron chi connectivity index (χ3n) is 2.74. The number of pyridine rings is 1. The predicted molar refractivity (Wildman–Crippen MR) is 66.7 cm³/mol. The fourth-order valence-corrected chi connectivity index (χ4v) is 2.05. The van der Waals surface area contributed by atoms with E-state index >= 15 is 0 Å². The van der Waals surface area contributed by atoms with E-state index in [2.05, 4.69) is 4.98 Å². The monoisotopic (exact) mass is 229 g/mol. The summed E-state index contributed by atoms with van der Waals surface area (Å²) in [4.78, 5) is 4.38. The van der Waals surface area contributed by atoms with Crippen LogP contribution < -0.4 is 0 Å². The van der Waals surface area contributed by atoms with Gasteiger partial charge in [0.1, 0.15) is 5.75 Å². The fourth-order valence-electron chi connectivity index (χ4n) is 2.05. The van der Waals surface area contributed by atoms with Crippen molar-refractivity contribution in [2.24, 2.45) is 0 Å². The van der Waals surface area contributed by atoms with Gasteiger partial charge in [-0.15, -0.1) is 0 Å². The standard InChI is InChI=1S/C14H15NO2/c1-9-6-12(17)7-10(2)14(9)13-5-3-4-11(8-16)15-13/h3-7,16-17H,8H2,1-2H3. The van der Waals surface area contributed by atoms with Crippen molar-refractivity contribution >= 4 is 0 Å². The van der Waals surface area contributed by atoms with Gasteiger partial charge in [0.25, 0.3) is 0 Å². The van der Waals surface area contributed by atoms with Crippen LogP contribution in [0.4, 0.5) is 0 Å². The lowest BCUT2D eigenvalue weighted by Gasteiger charge is -2.10. The number of aryl methyl sites for hydroxylation is 2. The first kappa shape index (κ1) is 11.6. The van der Waals surface area contributed by atoms with Crippen molar-refractivity contribution in [3.63, 3.8) is 0 Å². The van der Waals surface area contributed by atoms with Crippen LogP contribution in [0.25, 0.3) is 11.3 Å². The van der Waals surface area contributed by atoms with E-state index in [9.17, 15) is 5.11 Å². The van der Waals surface area contributed by atoms with Gasteiger partial charge in [0, 0.05) is 5.56 Å². The molecule has 17 heavy (non-hydrogen) atoms. The van der Waals surface area contributed by atoms with Gasteiger partial charge in [-0.25, -0.2) is 0 Å². The van der Waals surface area contributed by atoms with Crippen molar-refractivity contribution in [2.45, 2.75) is 20.5 Å². The van der Waals surface area contributed by atoms with Crippen LogP contribution in [0.1, 0.15) is 16.8 Å². The van der Waals surface area contributed by atoms with Gasteiger partial charge in [-0.2, -0.15) is 0 Å². The van der Waals surface area contributed by atoms with Crippen molar-refractivity contribution in [2.75, 3.05) is 0 Å². The Balaban J connectivity index is 2.60. The number of aliphatic hydroxyl groups excluding tert-OH is 1. The molecule has 0 amide bonds. The summed E-state index contributed by atoms with van der Waals surface area (Å²) in [5, 5.41) is 18.6. The lowest BCUT2D eigenvalue weighted by atomic mass is 9.99. The molecule has 0 saturated carbocycles. The average Bonchev–Trinajstić information content (AvgIpc) is 2.28. The molecule has 0 spiro atoms. The zero-order valence-corrected chi connectivity index (χ0v) is 9.94. The van der Waals surface area contributed by atoms with Gasteiger partial charge in [0.05, 0.1) is 18.0 Å². The summed E-state index contributed by atoms with van der Waals surface area (Å²) in [5.74, 6) is 0.266. The minimum absolute atomic E-state index is 0.0655. The summed E-state index contributed by atoms with van der Waals surface area (Å²) in [5.41, 5.74) is 4.44. The second-order valence-electron chi connectivity index (χ2n) is 4.13. The minimum atomic E-state index is -0.0655. The Morgan fingerprint density at radius 1 is 1.12 bits per heavy atom. The molecule has 0 unspecified atom stereocenters. The van der Waals surface area contributed by atoms with E-state index in [-0.39, 0.29) is 12.4 Å². The summed E-state index contributed by atoms with van der Waals surface area (Å²) in [7, 11) is 0. The van der Waals surface area contributed by atoms with Gasteiger partial charge in [-0.05, 0) is 49.2 Å². The molecule has 0 aliphatic carbocycles. The molecule has 1 aromatic heterocycles. The molecule has 0 radical (unpaired) electrons. The van der Waals surface area contributed by atoms with Gasteiger partial charge in [0.2, 0.25) is 0 Å². The molecular formula is C14H15NO2. The van der Waals surface area contributed by atoms with Crippen molar-refractivity contribution in [3.05, 3.63) is 47.2 Å².